The maximum absolute atomic E-state index is 15.2. The number of piperidine rings is 1. The summed E-state index contributed by atoms with van der Waals surface area (Å²) >= 11 is 0. The van der Waals surface area contributed by atoms with Crippen LogP contribution >= 0.6 is 0 Å². The van der Waals surface area contributed by atoms with Gasteiger partial charge in [-0.2, -0.15) is 0 Å². The Morgan fingerprint density at radius 1 is 0.944 bits per heavy atom. The predicted octanol–water partition coefficient (Wildman–Crippen LogP) is 6.39. The number of hydrogen-bond acceptors (Lipinski definition) is 6. The van der Waals surface area contributed by atoms with E-state index in [2.05, 4.69) is 32.2 Å². The Morgan fingerprint density at radius 2 is 1.67 bits per heavy atom. The summed E-state index contributed by atoms with van der Waals surface area (Å²) in [6.07, 6.45) is 1.95. The number of fused-ring (bicyclic) bond motifs is 2. The van der Waals surface area contributed by atoms with Gasteiger partial charge in [-0.05, 0) is 59.8 Å². The first-order valence-corrected chi connectivity index (χ1v) is 22.2. The van der Waals surface area contributed by atoms with Crippen molar-refractivity contribution in [2.75, 3.05) is 36.6 Å². The molecule has 0 saturated carbocycles. The average molecular weight is 746 g/mol. The third kappa shape index (κ3) is 6.87. The number of hydrogen-bond donors (Lipinski definition) is 1. The molecule has 0 radical (unpaired) electrons. The minimum Gasteiger partial charge on any atom is -0.497 e. The number of ether oxygens (including phenoxy) is 2. The van der Waals surface area contributed by atoms with Crippen molar-refractivity contribution in [1.29, 1.82) is 0 Å². The molecule has 0 aromatic heterocycles. The highest BCUT2D eigenvalue weighted by Crippen LogP contribution is 2.60. The third-order valence-corrected chi connectivity index (χ3v) is 16.3. The first-order chi connectivity index (χ1) is 26.1. The van der Waals surface area contributed by atoms with Gasteiger partial charge in [0.25, 0.3) is 5.91 Å². The molecule has 4 aromatic rings. The molecule has 10 heteroatoms. The van der Waals surface area contributed by atoms with E-state index >= 15 is 4.79 Å². The number of methoxy groups -OCH3 is 1. The number of amides is 3. The van der Waals surface area contributed by atoms with Gasteiger partial charge in [0.05, 0.1) is 46.5 Å². The second kappa shape index (κ2) is 15.5. The lowest BCUT2D eigenvalue weighted by molar-refractivity contribution is -0.150. The molecule has 3 aliphatic heterocycles. The highest BCUT2D eigenvalue weighted by atomic mass is 28.3. The molecule has 0 bridgehead atoms. The van der Waals surface area contributed by atoms with E-state index in [4.69, 9.17) is 9.47 Å². The van der Waals surface area contributed by atoms with E-state index < -0.39 is 19.8 Å². The molecule has 282 valence electrons. The fourth-order valence-corrected chi connectivity index (χ4v) is 13.2. The normalized spacial score (nSPS) is 22.5. The first kappa shape index (κ1) is 37.5. The van der Waals surface area contributed by atoms with Gasteiger partial charge in [-0.15, -0.1) is 0 Å². The summed E-state index contributed by atoms with van der Waals surface area (Å²) < 4.78 is 12.7. The zero-order valence-electron chi connectivity index (χ0n) is 31.7. The summed E-state index contributed by atoms with van der Waals surface area (Å²) in [5.74, 6) is 0.380. The summed E-state index contributed by atoms with van der Waals surface area (Å²) in [6.45, 7) is 8.16. The van der Waals surface area contributed by atoms with Crippen LogP contribution in [0.2, 0.25) is 18.6 Å². The fourth-order valence-electron chi connectivity index (χ4n) is 9.23. The number of rotatable bonds is 12. The van der Waals surface area contributed by atoms with Crippen molar-refractivity contribution in [1.82, 2.24) is 4.90 Å². The SMILES string of the molecule is COc1ccc([Si](C)(C)[C@@H]2[C@@H](CC(=O)N(CCO)Cc3ccccc3)O[C@]3(C(=O)N(Cc4cccc(N5CCCCC5=O)c4)c4ccccc43)[C@H]2C)cc1. The van der Waals surface area contributed by atoms with Gasteiger partial charge >= 0.3 is 0 Å². The minimum absolute atomic E-state index is 0.0809. The number of carbonyl (C=O) groups excluding carboxylic acids is 3. The zero-order chi connectivity index (χ0) is 38.0. The molecule has 1 N–H and O–H groups in total. The van der Waals surface area contributed by atoms with Gasteiger partial charge in [-0.25, -0.2) is 0 Å². The summed E-state index contributed by atoms with van der Waals surface area (Å²) in [6, 6.07) is 33.8. The Hall–Kier alpha value is -4.77. The molecule has 3 amide bonds. The van der Waals surface area contributed by atoms with Crippen LogP contribution in [0.1, 0.15) is 49.3 Å². The molecule has 3 aliphatic rings. The fraction of sp³-hybridized carbons (Fsp3) is 0.386. The maximum Gasteiger partial charge on any atom is 0.264 e. The Labute approximate surface area is 319 Å². The summed E-state index contributed by atoms with van der Waals surface area (Å²) in [4.78, 5) is 47.8. The van der Waals surface area contributed by atoms with Crippen LogP contribution in [0, 0.1) is 5.92 Å². The van der Waals surface area contributed by atoms with Crippen LogP contribution < -0.4 is 19.7 Å². The Morgan fingerprint density at radius 3 is 2.39 bits per heavy atom. The van der Waals surface area contributed by atoms with Gasteiger partial charge in [0.2, 0.25) is 11.8 Å². The smallest absolute Gasteiger partial charge is 0.264 e. The zero-order valence-corrected chi connectivity index (χ0v) is 32.7. The van der Waals surface area contributed by atoms with E-state index in [0.29, 0.717) is 26.1 Å². The van der Waals surface area contributed by atoms with Crippen molar-refractivity contribution in [3.8, 4) is 5.75 Å². The highest BCUT2D eigenvalue weighted by Gasteiger charge is 2.66. The van der Waals surface area contributed by atoms with Crippen LogP contribution in [0.5, 0.6) is 5.75 Å². The molecular formula is C44H51N3O6Si. The van der Waals surface area contributed by atoms with E-state index in [1.54, 1.807) is 12.0 Å². The number of nitrogens with zero attached hydrogens (tertiary/aromatic N) is 3. The minimum atomic E-state index is -2.49. The second-order valence-electron chi connectivity index (χ2n) is 15.5. The summed E-state index contributed by atoms with van der Waals surface area (Å²) in [5.41, 5.74) is 2.96. The van der Waals surface area contributed by atoms with E-state index in [1.807, 2.05) is 101 Å². The van der Waals surface area contributed by atoms with Crippen LogP contribution in [0.4, 0.5) is 11.4 Å². The molecule has 2 saturated heterocycles. The lowest BCUT2D eigenvalue weighted by atomic mass is 9.82. The Bertz CT molecular complexity index is 1990. The molecule has 4 atom stereocenters. The third-order valence-electron chi connectivity index (χ3n) is 11.9. The Balaban J connectivity index is 1.25. The van der Waals surface area contributed by atoms with Crippen molar-refractivity contribution < 1.29 is 29.0 Å². The molecule has 0 unspecified atom stereocenters. The molecule has 9 nitrogen and oxygen atoms in total. The standard InChI is InChI=1S/C44H51N3O6Si/c1-31-42(54(3,4)36-22-20-35(52-2)21-23-36)39(28-41(50)45(25-26-48)29-32-13-6-5-7-14-32)53-44(31)37-17-8-9-18-38(37)47(43(44)51)30-33-15-12-16-34(27-33)46-24-11-10-19-40(46)49/h5-9,12-18,20-23,27,31,39,42,48H,10-11,19,24-26,28-30H2,1-4H3/t31-,39+,42-,44+/m0/s1. The van der Waals surface area contributed by atoms with Crippen LogP contribution in [0.25, 0.3) is 0 Å². The Kier molecular flexibility index (Phi) is 10.8. The number of aliphatic hydroxyl groups excluding tert-OH is 1. The number of aliphatic hydroxyl groups is 1. The predicted molar refractivity (Wildman–Crippen MR) is 213 cm³/mol. The van der Waals surface area contributed by atoms with Crippen LogP contribution in [-0.2, 0) is 37.8 Å². The molecule has 0 aliphatic carbocycles. The lowest BCUT2D eigenvalue weighted by Crippen LogP contribution is -2.52. The molecule has 4 aromatic carbocycles. The number of anilines is 2. The quantitative estimate of drug-likeness (QED) is 0.169. The van der Waals surface area contributed by atoms with Gasteiger partial charge in [-0.3, -0.25) is 14.4 Å². The molecule has 54 heavy (non-hydrogen) atoms. The monoisotopic (exact) mass is 745 g/mol. The number of carbonyl (C=O) groups is 3. The van der Waals surface area contributed by atoms with E-state index in [0.717, 1.165) is 46.7 Å². The highest BCUT2D eigenvalue weighted by molar-refractivity contribution is 6.91. The van der Waals surface area contributed by atoms with Gasteiger partial charge in [-0.1, -0.05) is 98.0 Å². The van der Waals surface area contributed by atoms with Gasteiger partial charge in [0, 0.05) is 43.2 Å². The van der Waals surface area contributed by atoms with Crippen LogP contribution in [0.15, 0.2) is 103 Å². The van der Waals surface area contributed by atoms with Crippen molar-refractivity contribution in [3.05, 3.63) is 120 Å². The number of benzene rings is 4. The summed E-state index contributed by atoms with van der Waals surface area (Å²) in [5, 5.41) is 11.2. The average Bonchev–Trinajstić information content (AvgIpc) is 3.61. The van der Waals surface area contributed by atoms with E-state index in [-0.39, 0.29) is 48.8 Å². The van der Waals surface area contributed by atoms with Crippen LogP contribution in [0.3, 0.4) is 0 Å². The molecule has 2 fully saturated rings. The molecule has 3 heterocycles. The first-order valence-electron chi connectivity index (χ1n) is 19.1. The lowest BCUT2D eigenvalue weighted by Gasteiger charge is -2.37. The molecule has 1 spiro atoms. The maximum atomic E-state index is 15.2. The van der Waals surface area contributed by atoms with Crippen molar-refractivity contribution in [3.63, 3.8) is 0 Å². The van der Waals surface area contributed by atoms with Gasteiger partial charge < -0.3 is 29.3 Å². The van der Waals surface area contributed by atoms with Crippen molar-refractivity contribution >= 4 is 42.4 Å². The summed E-state index contributed by atoms with van der Waals surface area (Å²) in [7, 11) is -0.831. The van der Waals surface area contributed by atoms with Crippen molar-refractivity contribution in [2.24, 2.45) is 5.92 Å². The topological polar surface area (TPSA) is 99.6 Å². The molecule has 7 rings (SSSR count). The largest absolute Gasteiger partial charge is 0.497 e. The van der Waals surface area contributed by atoms with Crippen molar-refractivity contribution in [2.45, 2.75) is 76.0 Å². The van der Waals surface area contributed by atoms with Gasteiger partial charge in [0.15, 0.2) is 5.60 Å². The molecular weight excluding hydrogens is 695 g/mol. The number of para-hydroxylation sites is 1. The van der Waals surface area contributed by atoms with Crippen LogP contribution in [-0.4, -0.2) is 68.7 Å². The second-order valence-corrected chi connectivity index (χ2v) is 20.2. The van der Waals surface area contributed by atoms with E-state index in [1.165, 1.54) is 5.19 Å². The van der Waals surface area contributed by atoms with E-state index in [9.17, 15) is 14.7 Å². The van der Waals surface area contributed by atoms with Gasteiger partial charge in [0.1, 0.15) is 5.75 Å².